The van der Waals surface area contributed by atoms with Crippen LogP contribution < -0.4 is 5.32 Å². The van der Waals surface area contributed by atoms with E-state index in [1.165, 1.54) is 30.1 Å². The number of carbonyl (C=O) groups is 2. The molecule has 4 rings (SSSR count). The third-order valence-electron chi connectivity index (χ3n) is 4.71. The number of hydrogen-bond acceptors (Lipinski definition) is 7. The largest absolute Gasteiger partial charge is 0.465 e. The number of nitrogens with zero attached hydrogens (tertiary/aromatic N) is 4. The number of hydrogen-bond donors (Lipinski definition) is 1. The van der Waals surface area contributed by atoms with Crippen molar-refractivity contribution < 1.29 is 18.7 Å². The number of esters is 1. The van der Waals surface area contributed by atoms with Gasteiger partial charge in [-0.3, -0.25) is 14.6 Å². The van der Waals surface area contributed by atoms with Gasteiger partial charge in [0.05, 0.1) is 46.5 Å². The van der Waals surface area contributed by atoms with Gasteiger partial charge in [-0.1, -0.05) is 11.8 Å². The van der Waals surface area contributed by atoms with E-state index in [0.717, 1.165) is 5.56 Å². The summed E-state index contributed by atoms with van der Waals surface area (Å²) >= 11 is 1.27. The van der Waals surface area contributed by atoms with E-state index in [2.05, 4.69) is 20.4 Å². The number of thioether (sulfide) groups is 1. The van der Waals surface area contributed by atoms with Crippen LogP contribution in [0.2, 0.25) is 0 Å². The molecule has 3 aromatic heterocycles. The molecule has 3 heterocycles. The Morgan fingerprint density at radius 2 is 1.97 bits per heavy atom. The number of aromatic nitrogens is 4. The standard InChI is InChI=1S/C23H20FN5O3S/c1-2-32-22(30)14-33-21-9-15(7-8-26-21)10-27-23(31)19-11-25-13-20-18(19)12-28-29(20)17-5-3-16(24)4-6-17/h3-9,11-13H,2,10,14H2,1H3,(H,27,31). The molecule has 0 atom stereocenters. The van der Waals surface area contributed by atoms with Gasteiger partial charge in [0.2, 0.25) is 0 Å². The first kappa shape index (κ1) is 22.4. The minimum absolute atomic E-state index is 0.169. The van der Waals surface area contributed by atoms with E-state index in [1.807, 2.05) is 6.07 Å². The van der Waals surface area contributed by atoms with E-state index >= 15 is 0 Å². The Morgan fingerprint density at radius 3 is 2.76 bits per heavy atom. The fraction of sp³-hybridized carbons (Fsp3) is 0.174. The lowest BCUT2D eigenvalue weighted by Gasteiger charge is -2.08. The maximum Gasteiger partial charge on any atom is 0.316 e. The van der Waals surface area contributed by atoms with Crippen LogP contribution in [-0.4, -0.2) is 44.0 Å². The summed E-state index contributed by atoms with van der Waals surface area (Å²) in [7, 11) is 0. The quantitative estimate of drug-likeness (QED) is 0.314. The number of fused-ring (bicyclic) bond motifs is 1. The first-order valence-corrected chi connectivity index (χ1v) is 11.1. The van der Waals surface area contributed by atoms with Crippen LogP contribution in [0, 0.1) is 5.82 Å². The Labute approximate surface area is 193 Å². The van der Waals surface area contributed by atoms with Crippen molar-refractivity contribution in [3.8, 4) is 5.69 Å². The number of pyridine rings is 2. The molecular formula is C23H20FN5O3S. The smallest absolute Gasteiger partial charge is 0.316 e. The minimum Gasteiger partial charge on any atom is -0.465 e. The van der Waals surface area contributed by atoms with Gasteiger partial charge in [0, 0.05) is 24.3 Å². The third-order valence-corrected chi connectivity index (χ3v) is 5.61. The highest BCUT2D eigenvalue weighted by Gasteiger charge is 2.15. The Hall–Kier alpha value is -3.79. The zero-order valence-corrected chi connectivity index (χ0v) is 18.5. The molecule has 168 valence electrons. The van der Waals surface area contributed by atoms with Gasteiger partial charge in [0.1, 0.15) is 5.82 Å². The SMILES string of the molecule is CCOC(=O)CSc1cc(CNC(=O)c2cncc3c2cnn3-c2ccc(F)cc2)ccn1. The van der Waals surface area contributed by atoms with Gasteiger partial charge in [-0.2, -0.15) is 5.10 Å². The zero-order valence-electron chi connectivity index (χ0n) is 17.7. The number of carbonyl (C=O) groups excluding carboxylic acids is 2. The van der Waals surface area contributed by atoms with Gasteiger partial charge in [-0.15, -0.1) is 0 Å². The van der Waals surface area contributed by atoms with Crippen LogP contribution >= 0.6 is 11.8 Å². The van der Waals surface area contributed by atoms with Gasteiger partial charge >= 0.3 is 5.97 Å². The van der Waals surface area contributed by atoms with Gasteiger partial charge in [-0.25, -0.2) is 14.1 Å². The molecule has 0 unspecified atom stereocenters. The molecular weight excluding hydrogens is 445 g/mol. The molecule has 0 spiro atoms. The first-order chi connectivity index (χ1) is 16.0. The van der Waals surface area contributed by atoms with E-state index in [-0.39, 0.29) is 30.0 Å². The fourth-order valence-electron chi connectivity index (χ4n) is 3.16. The summed E-state index contributed by atoms with van der Waals surface area (Å²) in [5.41, 5.74) is 2.52. The van der Waals surface area contributed by atoms with Crippen molar-refractivity contribution >= 4 is 34.5 Å². The summed E-state index contributed by atoms with van der Waals surface area (Å²) in [5.74, 6) is -0.774. The van der Waals surface area contributed by atoms with Crippen molar-refractivity contribution in [3.05, 3.63) is 78.1 Å². The molecule has 0 radical (unpaired) electrons. The molecule has 0 aliphatic heterocycles. The number of ether oxygens (including phenoxy) is 1. The molecule has 1 aromatic carbocycles. The third kappa shape index (κ3) is 5.35. The average molecular weight is 466 g/mol. The van der Waals surface area contributed by atoms with E-state index in [0.29, 0.717) is 33.8 Å². The van der Waals surface area contributed by atoms with Crippen LogP contribution in [-0.2, 0) is 16.1 Å². The molecule has 0 aliphatic carbocycles. The van der Waals surface area contributed by atoms with Crippen molar-refractivity contribution in [2.24, 2.45) is 0 Å². The zero-order chi connectivity index (χ0) is 23.2. The van der Waals surface area contributed by atoms with E-state index in [9.17, 15) is 14.0 Å². The lowest BCUT2D eigenvalue weighted by atomic mass is 10.1. The minimum atomic E-state index is -0.341. The molecule has 0 saturated heterocycles. The van der Waals surface area contributed by atoms with Gasteiger partial charge < -0.3 is 10.1 Å². The fourth-order valence-corrected chi connectivity index (χ4v) is 3.88. The second-order valence-electron chi connectivity index (χ2n) is 6.93. The van der Waals surface area contributed by atoms with E-state index in [1.54, 1.807) is 48.4 Å². The molecule has 0 aliphatic rings. The molecule has 1 N–H and O–H groups in total. The van der Waals surface area contributed by atoms with Gasteiger partial charge in [-0.05, 0) is 48.9 Å². The van der Waals surface area contributed by atoms with Crippen LogP contribution in [0.15, 0.2) is 66.2 Å². The van der Waals surface area contributed by atoms with Crippen molar-refractivity contribution in [2.75, 3.05) is 12.4 Å². The molecule has 10 heteroatoms. The van der Waals surface area contributed by atoms with Gasteiger partial charge in [0.15, 0.2) is 0 Å². The van der Waals surface area contributed by atoms with Crippen molar-refractivity contribution in [1.29, 1.82) is 0 Å². The van der Waals surface area contributed by atoms with Crippen molar-refractivity contribution in [1.82, 2.24) is 25.1 Å². The molecule has 0 fully saturated rings. The first-order valence-electron chi connectivity index (χ1n) is 10.1. The van der Waals surface area contributed by atoms with Crippen molar-refractivity contribution in [3.63, 3.8) is 0 Å². The summed E-state index contributed by atoms with van der Waals surface area (Å²) < 4.78 is 19.8. The summed E-state index contributed by atoms with van der Waals surface area (Å²) in [4.78, 5) is 32.8. The molecule has 33 heavy (non-hydrogen) atoms. The highest BCUT2D eigenvalue weighted by molar-refractivity contribution is 7.99. The van der Waals surface area contributed by atoms with Crippen LogP contribution in [0.1, 0.15) is 22.8 Å². The number of benzene rings is 1. The molecule has 0 bridgehead atoms. The summed E-state index contributed by atoms with van der Waals surface area (Å²) in [5, 5.41) is 8.52. The summed E-state index contributed by atoms with van der Waals surface area (Å²) in [6.07, 6.45) is 6.32. The summed E-state index contributed by atoms with van der Waals surface area (Å²) in [6, 6.07) is 9.52. The highest BCUT2D eigenvalue weighted by atomic mass is 32.2. The monoisotopic (exact) mass is 465 g/mol. The topological polar surface area (TPSA) is 99.0 Å². The average Bonchev–Trinajstić information content (AvgIpc) is 3.26. The maximum atomic E-state index is 13.3. The Bertz CT molecular complexity index is 1290. The van der Waals surface area contributed by atoms with E-state index in [4.69, 9.17) is 4.74 Å². The second kappa shape index (κ2) is 10.2. The number of nitrogens with one attached hydrogen (secondary N) is 1. The Kier molecular flexibility index (Phi) is 6.94. The second-order valence-corrected chi connectivity index (χ2v) is 7.93. The predicted octanol–water partition coefficient (Wildman–Crippen LogP) is 3.54. The number of amides is 1. The lowest BCUT2D eigenvalue weighted by Crippen LogP contribution is -2.23. The summed E-state index contributed by atoms with van der Waals surface area (Å²) in [6.45, 7) is 2.37. The highest BCUT2D eigenvalue weighted by Crippen LogP contribution is 2.21. The maximum absolute atomic E-state index is 13.3. The lowest BCUT2D eigenvalue weighted by molar-refractivity contribution is -0.139. The Morgan fingerprint density at radius 1 is 1.15 bits per heavy atom. The molecule has 0 saturated carbocycles. The Balaban J connectivity index is 1.46. The molecule has 4 aromatic rings. The van der Waals surface area contributed by atoms with Gasteiger partial charge in [0.25, 0.3) is 5.91 Å². The number of halogens is 1. The van der Waals surface area contributed by atoms with Crippen LogP contribution in [0.5, 0.6) is 0 Å². The van der Waals surface area contributed by atoms with Crippen molar-refractivity contribution in [2.45, 2.75) is 18.5 Å². The molecule has 8 nitrogen and oxygen atoms in total. The van der Waals surface area contributed by atoms with Crippen LogP contribution in [0.3, 0.4) is 0 Å². The van der Waals surface area contributed by atoms with Crippen LogP contribution in [0.25, 0.3) is 16.6 Å². The predicted molar refractivity (Wildman–Crippen MR) is 122 cm³/mol. The molecule has 1 amide bonds. The van der Waals surface area contributed by atoms with Crippen LogP contribution in [0.4, 0.5) is 4.39 Å². The normalized spacial score (nSPS) is 10.8. The number of rotatable bonds is 8. The van der Waals surface area contributed by atoms with E-state index < -0.39 is 0 Å².